The average Bonchev–Trinajstić information content (AvgIpc) is 2.59. The minimum atomic E-state index is -0.770. The van der Waals surface area contributed by atoms with Crippen LogP contribution < -0.4 is 10.6 Å². The SMILES string of the molecule is O=C1CCC2=C(C(=O)N1)[C@H]1C=C[C@@H]2C(=O)NC1=O. The van der Waals surface area contributed by atoms with Crippen LogP contribution in [-0.2, 0) is 19.2 Å². The van der Waals surface area contributed by atoms with Crippen LogP contribution in [0.5, 0.6) is 0 Å². The smallest absolute Gasteiger partial charge is 0.254 e. The lowest BCUT2D eigenvalue weighted by molar-refractivity contribution is -0.133. The Morgan fingerprint density at radius 2 is 1.56 bits per heavy atom. The monoisotopic (exact) mass is 246 g/mol. The molecule has 0 aromatic carbocycles. The van der Waals surface area contributed by atoms with Crippen LogP contribution in [0.25, 0.3) is 0 Å². The highest BCUT2D eigenvalue weighted by molar-refractivity contribution is 6.14. The molecule has 4 aliphatic rings. The molecule has 0 saturated heterocycles. The van der Waals surface area contributed by atoms with Gasteiger partial charge in [0, 0.05) is 12.0 Å². The highest BCUT2D eigenvalue weighted by Crippen LogP contribution is 2.36. The van der Waals surface area contributed by atoms with Gasteiger partial charge in [0.1, 0.15) is 0 Å². The molecule has 0 aromatic rings. The first-order chi connectivity index (χ1) is 8.58. The van der Waals surface area contributed by atoms with E-state index in [1.807, 2.05) is 0 Å². The number of carbonyl (C=O) groups excluding carboxylic acids is 4. The molecule has 92 valence electrons. The zero-order valence-corrected chi connectivity index (χ0v) is 9.36. The highest BCUT2D eigenvalue weighted by atomic mass is 16.2. The summed E-state index contributed by atoms with van der Waals surface area (Å²) in [6.07, 6.45) is 3.67. The van der Waals surface area contributed by atoms with Gasteiger partial charge in [0.2, 0.25) is 17.7 Å². The van der Waals surface area contributed by atoms with E-state index < -0.39 is 29.6 Å². The second-order valence-electron chi connectivity index (χ2n) is 4.51. The number of fused-ring (bicyclic) bond motifs is 2. The van der Waals surface area contributed by atoms with Crippen LogP contribution in [0.3, 0.4) is 0 Å². The van der Waals surface area contributed by atoms with E-state index >= 15 is 0 Å². The van der Waals surface area contributed by atoms with Crippen molar-refractivity contribution in [2.45, 2.75) is 12.8 Å². The van der Waals surface area contributed by atoms with E-state index in [9.17, 15) is 19.2 Å². The number of nitrogens with one attached hydrogen (secondary N) is 2. The van der Waals surface area contributed by atoms with Gasteiger partial charge in [-0.05, 0) is 12.0 Å². The summed E-state index contributed by atoms with van der Waals surface area (Å²) < 4.78 is 0. The van der Waals surface area contributed by atoms with Crippen LogP contribution >= 0.6 is 0 Å². The predicted molar refractivity (Wildman–Crippen MR) is 58.7 cm³/mol. The third-order valence-electron chi connectivity index (χ3n) is 3.46. The van der Waals surface area contributed by atoms with Gasteiger partial charge >= 0.3 is 0 Å². The highest BCUT2D eigenvalue weighted by Gasteiger charge is 2.42. The standard InChI is InChI=1S/C12H10N2O4/c15-8-4-3-5-6-1-2-7(9(5)12(18)13-8)11(17)14-10(6)16/h1-2,6-7H,3-4H2,(H,13,15,18)(H,14,16,17)/t6-,7+/m0/s1. The van der Waals surface area contributed by atoms with Gasteiger partial charge in [-0.15, -0.1) is 0 Å². The molecule has 2 atom stereocenters. The summed E-state index contributed by atoms with van der Waals surface area (Å²) in [5.41, 5.74) is 0.853. The Bertz CT molecular complexity index is 558. The van der Waals surface area contributed by atoms with E-state index in [4.69, 9.17) is 0 Å². The van der Waals surface area contributed by atoms with E-state index in [1.54, 1.807) is 12.2 Å². The second kappa shape index (κ2) is 3.63. The molecule has 0 fully saturated rings. The molecule has 2 bridgehead atoms. The van der Waals surface area contributed by atoms with E-state index in [2.05, 4.69) is 10.6 Å². The molecule has 2 N–H and O–H groups in total. The minimum Gasteiger partial charge on any atom is -0.295 e. The predicted octanol–water partition coefficient (Wildman–Crippen LogP) is -0.822. The van der Waals surface area contributed by atoms with Crippen molar-refractivity contribution < 1.29 is 19.2 Å². The molecular formula is C12H10N2O4. The van der Waals surface area contributed by atoms with E-state index in [0.29, 0.717) is 12.0 Å². The summed E-state index contributed by atoms with van der Waals surface area (Å²) in [5.74, 6) is -3.25. The first kappa shape index (κ1) is 10.9. The van der Waals surface area contributed by atoms with E-state index in [0.717, 1.165) is 0 Å². The van der Waals surface area contributed by atoms with Crippen LogP contribution in [-0.4, -0.2) is 23.6 Å². The van der Waals surface area contributed by atoms with Crippen molar-refractivity contribution in [2.24, 2.45) is 11.8 Å². The molecule has 18 heavy (non-hydrogen) atoms. The summed E-state index contributed by atoms with van der Waals surface area (Å²) in [6.45, 7) is 0. The number of hydrogen-bond acceptors (Lipinski definition) is 4. The average molecular weight is 246 g/mol. The third-order valence-corrected chi connectivity index (χ3v) is 3.46. The maximum atomic E-state index is 11.9. The van der Waals surface area contributed by atoms with Gasteiger partial charge in [-0.25, -0.2) is 0 Å². The summed E-state index contributed by atoms with van der Waals surface area (Å²) in [4.78, 5) is 46.9. The molecule has 0 radical (unpaired) electrons. The number of carbonyl (C=O) groups is 4. The topological polar surface area (TPSA) is 92.3 Å². The zero-order valence-electron chi connectivity index (χ0n) is 9.36. The Morgan fingerprint density at radius 3 is 2.33 bits per heavy atom. The quantitative estimate of drug-likeness (QED) is 0.431. The summed E-state index contributed by atoms with van der Waals surface area (Å²) in [7, 11) is 0. The molecule has 6 heteroatoms. The molecular weight excluding hydrogens is 236 g/mol. The van der Waals surface area contributed by atoms with Crippen LogP contribution in [0.4, 0.5) is 0 Å². The lowest BCUT2D eigenvalue weighted by Crippen LogP contribution is -2.37. The van der Waals surface area contributed by atoms with Gasteiger partial charge in [-0.3, -0.25) is 29.8 Å². The fourth-order valence-corrected chi connectivity index (χ4v) is 2.62. The molecule has 3 heterocycles. The van der Waals surface area contributed by atoms with E-state index in [-0.39, 0.29) is 17.9 Å². The lowest BCUT2D eigenvalue weighted by atomic mass is 9.81. The lowest BCUT2D eigenvalue weighted by Gasteiger charge is -2.20. The fourth-order valence-electron chi connectivity index (χ4n) is 2.62. The summed E-state index contributed by atoms with van der Waals surface area (Å²) in [5, 5.41) is 4.49. The molecule has 0 aromatic heterocycles. The molecule has 6 nitrogen and oxygen atoms in total. The first-order valence-corrected chi connectivity index (χ1v) is 5.68. The number of rotatable bonds is 0. The molecule has 0 unspecified atom stereocenters. The Balaban J connectivity index is 2.15. The third kappa shape index (κ3) is 1.42. The Hall–Kier alpha value is -2.24. The van der Waals surface area contributed by atoms with Crippen molar-refractivity contribution in [3.8, 4) is 0 Å². The van der Waals surface area contributed by atoms with Crippen molar-refractivity contribution >= 4 is 23.6 Å². The molecule has 0 spiro atoms. The zero-order chi connectivity index (χ0) is 12.9. The Labute approximate surface area is 102 Å². The normalized spacial score (nSPS) is 30.7. The van der Waals surface area contributed by atoms with Gasteiger partial charge in [-0.1, -0.05) is 12.2 Å². The van der Waals surface area contributed by atoms with Gasteiger partial charge in [0.25, 0.3) is 5.91 Å². The number of imide groups is 2. The fraction of sp³-hybridized carbons (Fsp3) is 0.333. The van der Waals surface area contributed by atoms with Crippen molar-refractivity contribution in [1.82, 2.24) is 10.6 Å². The first-order valence-electron chi connectivity index (χ1n) is 5.68. The molecule has 3 aliphatic heterocycles. The summed E-state index contributed by atoms with van der Waals surface area (Å²) in [6, 6.07) is 0. The van der Waals surface area contributed by atoms with Crippen molar-refractivity contribution in [1.29, 1.82) is 0 Å². The molecule has 0 saturated carbocycles. The maximum Gasteiger partial charge on any atom is 0.254 e. The maximum absolute atomic E-state index is 11.9. The Kier molecular flexibility index (Phi) is 2.19. The number of hydrogen-bond donors (Lipinski definition) is 2. The summed E-state index contributed by atoms with van der Waals surface area (Å²) >= 11 is 0. The van der Waals surface area contributed by atoms with Crippen LogP contribution in [0.1, 0.15) is 12.8 Å². The van der Waals surface area contributed by atoms with Gasteiger partial charge in [0.05, 0.1) is 11.8 Å². The second-order valence-corrected chi connectivity index (χ2v) is 4.51. The number of amides is 4. The van der Waals surface area contributed by atoms with Crippen LogP contribution in [0.2, 0.25) is 0 Å². The molecule has 1 aliphatic carbocycles. The van der Waals surface area contributed by atoms with Crippen LogP contribution in [0, 0.1) is 11.8 Å². The van der Waals surface area contributed by atoms with Gasteiger partial charge in [-0.2, -0.15) is 0 Å². The molecule has 4 amide bonds. The minimum absolute atomic E-state index is 0.156. The Morgan fingerprint density at radius 1 is 0.889 bits per heavy atom. The van der Waals surface area contributed by atoms with Crippen molar-refractivity contribution in [3.05, 3.63) is 23.3 Å². The molecule has 4 rings (SSSR count). The van der Waals surface area contributed by atoms with Crippen molar-refractivity contribution in [2.75, 3.05) is 0 Å². The largest absolute Gasteiger partial charge is 0.295 e. The van der Waals surface area contributed by atoms with Crippen molar-refractivity contribution in [3.63, 3.8) is 0 Å². The van der Waals surface area contributed by atoms with Crippen LogP contribution in [0.15, 0.2) is 23.3 Å². The van der Waals surface area contributed by atoms with Gasteiger partial charge in [0.15, 0.2) is 0 Å². The van der Waals surface area contributed by atoms with E-state index in [1.165, 1.54) is 0 Å². The van der Waals surface area contributed by atoms with Gasteiger partial charge < -0.3 is 0 Å².